The molecule has 0 spiro atoms. The van der Waals surface area contributed by atoms with Gasteiger partial charge in [-0.15, -0.1) is 0 Å². The third-order valence-electron chi connectivity index (χ3n) is 6.22. The first-order valence-electron chi connectivity index (χ1n) is 9.43. The Morgan fingerprint density at radius 2 is 1.84 bits per heavy atom. The van der Waals surface area contributed by atoms with Gasteiger partial charge in [0.05, 0.1) is 0 Å². The van der Waals surface area contributed by atoms with Crippen molar-refractivity contribution in [2.45, 2.75) is 32.6 Å². The number of hydrogen-bond acceptors (Lipinski definition) is 5. The molecule has 2 aromatic rings. The number of aryl methyl sites for hydroxylation is 1. The predicted octanol–water partition coefficient (Wildman–Crippen LogP) is 1.52. The van der Waals surface area contributed by atoms with Crippen LogP contribution in [0.2, 0.25) is 0 Å². The van der Waals surface area contributed by atoms with Crippen LogP contribution >= 0.6 is 0 Å². The van der Waals surface area contributed by atoms with Gasteiger partial charge in [-0.25, -0.2) is 4.98 Å². The van der Waals surface area contributed by atoms with E-state index in [2.05, 4.69) is 30.9 Å². The zero-order valence-corrected chi connectivity index (χ0v) is 14.6. The molecule has 0 radical (unpaired) electrons. The van der Waals surface area contributed by atoms with Crippen LogP contribution in [0.15, 0.2) is 12.4 Å². The molecular formula is C18H24N6O. The van der Waals surface area contributed by atoms with Crippen LogP contribution in [0.25, 0.3) is 5.78 Å². The number of piperazine rings is 1. The summed E-state index contributed by atoms with van der Waals surface area (Å²) < 4.78 is 1.79. The highest BCUT2D eigenvalue weighted by atomic mass is 16.2. The normalized spacial score (nSPS) is 28.9. The highest BCUT2D eigenvalue weighted by Gasteiger charge is 2.55. The fourth-order valence-electron chi connectivity index (χ4n) is 4.86. The van der Waals surface area contributed by atoms with Gasteiger partial charge >= 0.3 is 0 Å². The second-order valence-corrected chi connectivity index (χ2v) is 7.68. The molecule has 5 rings (SSSR count). The lowest BCUT2D eigenvalue weighted by molar-refractivity contribution is -0.133. The highest BCUT2D eigenvalue weighted by Crippen LogP contribution is 2.56. The second kappa shape index (κ2) is 5.68. The first-order chi connectivity index (χ1) is 12.2. The predicted molar refractivity (Wildman–Crippen MR) is 93.3 cm³/mol. The number of aromatic nitrogens is 4. The summed E-state index contributed by atoms with van der Waals surface area (Å²) in [5.74, 6) is 3.78. The Labute approximate surface area is 147 Å². The van der Waals surface area contributed by atoms with E-state index in [1.165, 1.54) is 25.7 Å². The van der Waals surface area contributed by atoms with Crippen LogP contribution in [0, 0.1) is 24.7 Å². The molecule has 2 aromatic heterocycles. The molecule has 7 nitrogen and oxygen atoms in total. The SMILES string of the molecule is Cc1cc(N2CCN(C(=O)C3C4CCCCC43)CC2)n2ncnc2n1. The molecule has 3 fully saturated rings. The van der Waals surface area contributed by atoms with E-state index >= 15 is 0 Å². The van der Waals surface area contributed by atoms with E-state index in [0.29, 0.717) is 29.4 Å². The largest absolute Gasteiger partial charge is 0.353 e. The average molecular weight is 340 g/mol. The Morgan fingerprint density at radius 1 is 1.12 bits per heavy atom. The van der Waals surface area contributed by atoms with Crippen molar-refractivity contribution in [3.8, 4) is 0 Å². The average Bonchev–Trinajstić information content (AvgIpc) is 3.18. The van der Waals surface area contributed by atoms with Crippen LogP contribution in [-0.4, -0.2) is 56.6 Å². The topological polar surface area (TPSA) is 66.6 Å². The Kier molecular flexibility index (Phi) is 3.43. The van der Waals surface area contributed by atoms with Gasteiger partial charge in [0, 0.05) is 43.9 Å². The quantitative estimate of drug-likeness (QED) is 0.829. The molecule has 0 aromatic carbocycles. The van der Waals surface area contributed by atoms with E-state index in [1.54, 1.807) is 10.8 Å². The summed E-state index contributed by atoms with van der Waals surface area (Å²) >= 11 is 0. The van der Waals surface area contributed by atoms with Gasteiger partial charge in [-0.2, -0.15) is 14.6 Å². The van der Waals surface area contributed by atoms with E-state index in [-0.39, 0.29) is 0 Å². The molecule has 0 N–H and O–H groups in total. The van der Waals surface area contributed by atoms with Crippen molar-refractivity contribution in [1.29, 1.82) is 0 Å². The third-order valence-corrected chi connectivity index (χ3v) is 6.22. The minimum Gasteiger partial charge on any atom is -0.353 e. The molecule has 0 bridgehead atoms. The smallest absolute Gasteiger partial charge is 0.254 e. The fraction of sp³-hybridized carbons (Fsp3) is 0.667. The molecule has 1 aliphatic heterocycles. The minimum absolute atomic E-state index is 0.333. The molecule has 2 aliphatic carbocycles. The van der Waals surface area contributed by atoms with Crippen molar-refractivity contribution in [2.24, 2.45) is 17.8 Å². The number of nitrogens with zero attached hydrogens (tertiary/aromatic N) is 6. The summed E-state index contributed by atoms with van der Waals surface area (Å²) in [7, 11) is 0. The van der Waals surface area contributed by atoms with Gasteiger partial charge < -0.3 is 9.80 Å². The van der Waals surface area contributed by atoms with E-state index < -0.39 is 0 Å². The van der Waals surface area contributed by atoms with Gasteiger partial charge in [0.2, 0.25) is 5.91 Å². The van der Waals surface area contributed by atoms with Crippen LogP contribution < -0.4 is 4.90 Å². The first-order valence-corrected chi connectivity index (χ1v) is 9.43. The zero-order chi connectivity index (χ0) is 17.0. The standard InChI is InChI=1S/C18H24N6O/c1-12-10-15(24-18(21-12)19-11-20-24)22-6-8-23(9-7-22)17(25)16-13-4-2-3-5-14(13)16/h10-11,13-14,16H,2-9H2,1H3. The van der Waals surface area contributed by atoms with Gasteiger partial charge in [-0.1, -0.05) is 12.8 Å². The maximum absolute atomic E-state index is 12.9. The number of carbonyl (C=O) groups is 1. The van der Waals surface area contributed by atoms with Crippen LogP contribution in [0.4, 0.5) is 5.82 Å². The van der Waals surface area contributed by atoms with Crippen molar-refractivity contribution in [3.63, 3.8) is 0 Å². The highest BCUT2D eigenvalue weighted by molar-refractivity contribution is 5.82. The van der Waals surface area contributed by atoms with Gasteiger partial charge in [0.25, 0.3) is 5.78 Å². The Morgan fingerprint density at radius 3 is 2.56 bits per heavy atom. The lowest BCUT2D eigenvalue weighted by Crippen LogP contribution is -2.50. The molecule has 1 saturated heterocycles. The Hall–Kier alpha value is -2.18. The molecule has 3 heterocycles. The fourth-order valence-corrected chi connectivity index (χ4v) is 4.86. The Bertz CT molecular complexity index is 797. The summed E-state index contributed by atoms with van der Waals surface area (Å²) in [6, 6.07) is 2.05. The monoisotopic (exact) mass is 340 g/mol. The first kappa shape index (κ1) is 15.1. The van der Waals surface area contributed by atoms with Gasteiger partial charge in [0.1, 0.15) is 12.1 Å². The van der Waals surface area contributed by atoms with E-state index in [9.17, 15) is 4.79 Å². The number of rotatable bonds is 2. The maximum Gasteiger partial charge on any atom is 0.254 e. The van der Waals surface area contributed by atoms with E-state index in [0.717, 1.165) is 37.7 Å². The molecule has 1 amide bonds. The molecule has 2 saturated carbocycles. The zero-order valence-electron chi connectivity index (χ0n) is 14.6. The maximum atomic E-state index is 12.9. The minimum atomic E-state index is 0.333. The van der Waals surface area contributed by atoms with Crippen LogP contribution in [0.1, 0.15) is 31.4 Å². The summed E-state index contributed by atoms with van der Waals surface area (Å²) in [4.78, 5) is 25.9. The second-order valence-electron chi connectivity index (χ2n) is 7.68. The number of anilines is 1. The molecule has 25 heavy (non-hydrogen) atoms. The number of carbonyl (C=O) groups excluding carboxylic acids is 1. The summed E-state index contributed by atoms with van der Waals surface area (Å²) in [6.45, 7) is 5.25. The number of fused-ring (bicyclic) bond motifs is 2. The number of hydrogen-bond donors (Lipinski definition) is 0. The summed E-state index contributed by atoms with van der Waals surface area (Å²) in [5, 5.41) is 4.30. The van der Waals surface area contributed by atoms with E-state index in [4.69, 9.17) is 0 Å². The Balaban J connectivity index is 1.28. The van der Waals surface area contributed by atoms with Gasteiger partial charge in [-0.05, 0) is 31.6 Å². The molecule has 132 valence electrons. The van der Waals surface area contributed by atoms with Crippen LogP contribution in [0.5, 0.6) is 0 Å². The number of amides is 1. The molecule has 2 atom stereocenters. The molecular weight excluding hydrogens is 316 g/mol. The lowest BCUT2D eigenvalue weighted by Gasteiger charge is -2.36. The van der Waals surface area contributed by atoms with Gasteiger partial charge in [-0.3, -0.25) is 4.79 Å². The molecule has 3 aliphatic rings. The third kappa shape index (κ3) is 2.48. The molecule has 2 unspecified atom stereocenters. The van der Waals surface area contributed by atoms with Gasteiger partial charge in [0.15, 0.2) is 0 Å². The van der Waals surface area contributed by atoms with Crippen molar-refractivity contribution in [3.05, 3.63) is 18.1 Å². The lowest BCUT2D eigenvalue weighted by atomic mass is 10.0. The van der Waals surface area contributed by atoms with Crippen molar-refractivity contribution < 1.29 is 4.79 Å². The molecule has 7 heteroatoms. The van der Waals surface area contributed by atoms with Crippen molar-refractivity contribution in [1.82, 2.24) is 24.5 Å². The summed E-state index contributed by atoms with van der Waals surface area (Å²) in [6.07, 6.45) is 6.70. The van der Waals surface area contributed by atoms with Crippen LogP contribution in [0.3, 0.4) is 0 Å². The van der Waals surface area contributed by atoms with Crippen LogP contribution in [-0.2, 0) is 4.79 Å². The van der Waals surface area contributed by atoms with Crippen molar-refractivity contribution in [2.75, 3.05) is 31.1 Å². The summed E-state index contributed by atoms with van der Waals surface area (Å²) in [5.41, 5.74) is 0.941. The van der Waals surface area contributed by atoms with E-state index in [1.807, 2.05) is 6.92 Å². The van der Waals surface area contributed by atoms with Crippen molar-refractivity contribution >= 4 is 17.5 Å².